The van der Waals surface area contributed by atoms with E-state index in [1.165, 1.54) is 61.0 Å². The average molecular weight is 335 g/mol. The minimum atomic E-state index is 0.342. The molecule has 1 rings (SSSR count). The lowest BCUT2D eigenvalue weighted by Gasteiger charge is -2.16. The maximum atomic E-state index is 11.3. The summed E-state index contributed by atoms with van der Waals surface area (Å²) in [6.45, 7) is 8.30. The van der Waals surface area contributed by atoms with Crippen LogP contribution in [0.15, 0.2) is 17.0 Å². The lowest BCUT2D eigenvalue weighted by atomic mass is 9.90. The highest BCUT2D eigenvalue weighted by Gasteiger charge is 2.11. The normalized spacial score (nSPS) is 12.2. The fraction of sp³-hybridized carbons (Fsp3) is 0.667. The van der Waals surface area contributed by atoms with Gasteiger partial charge in [-0.25, -0.2) is 0 Å². The number of carbonyl (C=O) groups excluding carboxylic acids is 1. The van der Waals surface area contributed by atoms with E-state index in [-0.39, 0.29) is 0 Å². The molecule has 23 heavy (non-hydrogen) atoms. The van der Waals surface area contributed by atoms with E-state index in [1.807, 2.05) is 11.3 Å². The summed E-state index contributed by atoms with van der Waals surface area (Å²) in [5.74, 6) is 1.08. The van der Waals surface area contributed by atoms with Crippen molar-refractivity contribution in [1.82, 2.24) is 0 Å². The van der Waals surface area contributed by atoms with Crippen LogP contribution in [0.4, 0.5) is 0 Å². The number of hydrogen-bond donors (Lipinski definition) is 0. The molecule has 1 heterocycles. The second-order valence-corrected chi connectivity index (χ2v) is 8.02. The van der Waals surface area contributed by atoms with Crippen LogP contribution in [0.1, 0.15) is 89.5 Å². The summed E-state index contributed by atoms with van der Waals surface area (Å²) < 4.78 is 0. The van der Waals surface area contributed by atoms with Gasteiger partial charge in [-0.3, -0.25) is 0 Å². The molecule has 0 aliphatic heterocycles. The molecule has 1 aromatic rings. The van der Waals surface area contributed by atoms with Crippen molar-refractivity contribution in [3.05, 3.63) is 27.5 Å². The molecule has 1 unspecified atom stereocenters. The summed E-state index contributed by atoms with van der Waals surface area (Å²) in [5, 5.41) is 2.21. The zero-order valence-corrected chi connectivity index (χ0v) is 16.3. The molecule has 0 N–H and O–H groups in total. The third-order valence-electron chi connectivity index (χ3n) is 4.36. The van der Waals surface area contributed by atoms with Gasteiger partial charge in [-0.15, -0.1) is 11.3 Å². The number of hydrogen-bond acceptors (Lipinski definition) is 2. The van der Waals surface area contributed by atoms with Crippen molar-refractivity contribution in [2.75, 3.05) is 0 Å². The number of unbranched alkanes of at least 4 members (excludes halogenated alkanes) is 2. The first kappa shape index (κ1) is 20.2. The molecule has 0 radical (unpaired) electrons. The Morgan fingerprint density at radius 2 is 1.87 bits per heavy atom. The fourth-order valence-corrected chi connectivity index (χ4v) is 3.97. The zero-order valence-electron chi connectivity index (χ0n) is 15.5. The number of Topliss-reactive ketones (excluding diaryl/α,β-unsaturated/α-hetero) is 1. The second-order valence-electron chi connectivity index (χ2n) is 7.02. The van der Waals surface area contributed by atoms with Gasteiger partial charge in [0.05, 0.1) is 0 Å². The van der Waals surface area contributed by atoms with Crippen LogP contribution in [0.3, 0.4) is 0 Å². The van der Waals surface area contributed by atoms with E-state index >= 15 is 0 Å². The average Bonchev–Trinajstić information content (AvgIpc) is 2.90. The van der Waals surface area contributed by atoms with Gasteiger partial charge in [0.2, 0.25) is 0 Å². The first-order chi connectivity index (χ1) is 11.0. The summed E-state index contributed by atoms with van der Waals surface area (Å²) in [6, 6.07) is 2.24. The van der Waals surface area contributed by atoms with Crippen LogP contribution < -0.4 is 0 Å². The summed E-state index contributed by atoms with van der Waals surface area (Å²) in [4.78, 5) is 12.8. The van der Waals surface area contributed by atoms with Gasteiger partial charge in [0.25, 0.3) is 0 Å². The smallest absolute Gasteiger partial charge is 0.129 e. The molecule has 1 nitrogen and oxygen atoms in total. The van der Waals surface area contributed by atoms with E-state index in [0.29, 0.717) is 5.78 Å². The summed E-state index contributed by atoms with van der Waals surface area (Å²) >= 11 is 1.88. The van der Waals surface area contributed by atoms with Gasteiger partial charge >= 0.3 is 0 Å². The van der Waals surface area contributed by atoms with Crippen molar-refractivity contribution < 1.29 is 4.79 Å². The van der Waals surface area contributed by atoms with Crippen LogP contribution in [0.25, 0.3) is 6.08 Å². The molecule has 0 amide bonds. The molecule has 0 aliphatic carbocycles. The minimum absolute atomic E-state index is 0.342. The van der Waals surface area contributed by atoms with E-state index in [1.54, 1.807) is 6.92 Å². The van der Waals surface area contributed by atoms with Crippen LogP contribution in [-0.4, -0.2) is 5.78 Å². The third kappa shape index (κ3) is 9.10. The van der Waals surface area contributed by atoms with Crippen LogP contribution in [0.5, 0.6) is 0 Å². The van der Waals surface area contributed by atoms with Gasteiger partial charge in [-0.05, 0) is 63.0 Å². The molecule has 0 fully saturated rings. The van der Waals surface area contributed by atoms with E-state index in [0.717, 1.165) is 18.8 Å². The molecule has 0 aliphatic rings. The Kier molecular flexibility index (Phi) is 10.2. The SMILES string of the molecule is CCCCCC(CCCc1sccc1C=C(C)C)CCC(C)=O. The minimum Gasteiger partial charge on any atom is -0.300 e. The molecule has 0 saturated carbocycles. The number of rotatable bonds is 12. The van der Waals surface area contributed by atoms with Gasteiger partial charge in [-0.2, -0.15) is 0 Å². The predicted octanol–water partition coefficient (Wildman–Crippen LogP) is 7.06. The largest absolute Gasteiger partial charge is 0.300 e. The number of carbonyl (C=O) groups is 1. The monoisotopic (exact) mass is 334 g/mol. The molecule has 2 heteroatoms. The molecular weight excluding hydrogens is 300 g/mol. The first-order valence-corrected chi connectivity index (χ1v) is 10.1. The van der Waals surface area contributed by atoms with Gasteiger partial charge in [0.1, 0.15) is 5.78 Å². The molecular formula is C21H34OS. The van der Waals surface area contributed by atoms with Gasteiger partial charge in [0.15, 0.2) is 0 Å². The molecule has 0 bridgehead atoms. The topological polar surface area (TPSA) is 17.1 Å². The van der Waals surface area contributed by atoms with Crippen molar-refractivity contribution in [2.45, 2.75) is 85.5 Å². The van der Waals surface area contributed by atoms with Gasteiger partial charge < -0.3 is 4.79 Å². The standard InChI is InChI=1S/C21H34OS/c1-5-6-7-9-19(13-12-18(4)22)10-8-11-21-20(14-15-23-21)16-17(2)3/h14-16,19H,5-13H2,1-4H3. The Hall–Kier alpha value is -0.890. The second kappa shape index (κ2) is 11.6. The summed E-state index contributed by atoms with van der Waals surface area (Å²) in [5.41, 5.74) is 2.77. The Labute approximate surface area is 147 Å². The van der Waals surface area contributed by atoms with Crippen molar-refractivity contribution in [3.63, 3.8) is 0 Å². The van der Waals surface area contributed by atoms with Crippen LogP contribution in [0.2, 0.25) is 0 Å². The van der Waals surface area contributed by atoms with E-state index in [9.17, 15) is 4.79 Å². The Morgan fingerprint density at radius 3 is 2.52 bits per heavy atom. The Balaban J connectivity index is 2.45. The lowest BCUT2D eigenvalue weighted by Crippen LogP contribution is -2.04. The van der Waals surface area contributed by atoms with E-state index < -0.39 is 0 Å². The lowest BCUT2D eigenvalue weighted by molar-refractivity contribution is -0.117. The van der Waals surface area contributed by atoms with Gasteiger partial charge in [0, 0.05) is 11.3 Å². The van der Waals surface area contributed by atoms with E-state index in [4.69, 9.17) is 0 Å². The van der Waals surface area contributed by atoms with Crippen molar-refractivity contribution >= 4 is 23.2 Å². The molecule has 0 saturated heterocycles. The molecule has 1 aromatic heterocycles. The number of thiophene rings is 1. The first-order valence-electron chi connectivity index (χ1n) is 9.23. The van der Waals surface area contributed by atoms with Crippen molar-refractivity contribution in [2.24, 2.45) is 5.92 Å². The van der Waals surface area contributed by atoms with E-state index in [2.05, 4.69) is 38.3 Å². The molecule has 130 valence electrons. The Bertz CT molecular complexity index is 480. The fourth-order valence-electron chi connectivity index (χ4n) is 3.07. The highest BCUT2D eigenvalue weighted by molar-refractivity contribution is 7.10. The molecule has 0 aromatic carbocycles. The number of aryl methyl sites for hydroxylation is 1. The molecule has 0 spiro atoms. The Morgan fingerprint density at radius 1 is 1.13 bits per heavy atom. The highest BCUT2D eigenvalue weighted by atomic mass is 32.1. The molecule has 1 atom stereocenters. The van der Waals surface area contributed by atoms with Crippen LogP contribution >= 0.6 is 11.3 Å². The van der Waals surface area contributed by atoms with Crippen molar-refractivity contribution in [3.8, 4) is 0 Å². The van der Waals surface area contributed by atoms with Gasteiger partial charge in [-0.1, -0.05) is 50.7 Å². The zero-order chi connectivity index (χ0) is 17.1. The highest BCUT2D eigenvalue weighted by Crippen LogP contribution is 2.26. The number of allylic oxidation sites excluding steroid dienone is 1. The third-order valence-corrected chi connectivity index (χ3v) is 5.36. The quantitative estimate of drug-likeness (QED) is 0.374. The predicted molar refractivity (Wildman–Crippen MR) is 104 cm³/mol. The number of ketones is 1. The van der Waals surface area contributed by atoms with Crippen molar-refractivity contribution in [1.29, 1.82) is 0 Å². The summed E-state index contributed by atoms with van der Waals surface area (Å²) in [7, 11) is 0. The maximum Gasteiger partial charge on any atom is 0.129 e. The van der Waals surface area contributed by atoms with Crippen LogP contribution in [0, 0.1) is 5.92 Å². The maximum absolute atomic E-state index is 11.3. The summed E-state index contributed by atoms with van der Waals surface area (Å²) in [6.07, 6.45) is 13.1. The van der Waals surface area contributed by atoms with Crippen LogP contribution in [-0.2, 0) is 11.2 Å².